The number of rotatable bonds is 0. The van der Waals surface area contributed by atoms with E-state index in [4.69, 9.17) is 0 Å². The van der Waals surface area contributed by atoms with Gasteiger partial charge in [-0.1, -0.05) is 12.2 Å². The van der Waals surface area contributed by atoms with E-state index in [0.29, 0.717) is 0 Å². The van der Waals surface area contributed by atoms with Crippen molar-refractivity contribution in [3.8, 4) is 0 Å². The molecule has 2 atom stereocenters. The minimum absolute atomic E-state index is 1.05. The first-order valence-corrected chi connectivity index (χ1v) is 2.15. The van der Waals surface area contributed by atoms with Crippen LogP contribution in [-0.2, 0) is 0 Å². The van der Waals surface area contributed by atoms with Crippen molar-refractivity contribution in [1.29, 1.82) is 0 Å². The normalized spacial score (nSPS) is 54.4. The van der Waals surface area contributed by atoms with Gasteiger partial charge in [-0.3, -0.25) is 0 Å². The van der Waals surface area contributed by atoms with Gasteiger partial charge < -0.3 is 0 Å². The third kappa shape index (κ3) is 0.0982. The summed E-state index contributed by atoms with van der Waals surface area (Å²) in [6, 6.07) is 0. The summed E-state index contributed by atoms with van der Waals surface area (Å²) in [6.07, 6.45) is 6.06. The maximum Gasteiger partial charge on any atom is -0.0164 e. The van der Waals surface area contributed by atoms with Crippen molar-refractivity contribution in [3.05, 3.63) is 12.2 Å². The number of hydrogen-bond donors (Lipinski definition) is 0. The zero-order valence-corrected chi connectivity index (χ0v) is 3.02. The molecule has 0 aromatic rings. The van der Waals surface area contributed by atoms with Crippen LogP contribution in [-0.4, -0.2) is 0 Å². The van der Waals surface area contributed by atoms with Crippen molar-refractivity contribution >= 4 is 0 Å². The Morgan fingerprint density at radius 1 is 1.20 bits per heavy atom. The molecule has 0 aromatic carbocycles. The fourth-order valence-corrected chi connectivity index (χ4v) is 0.818. The van der Waals surface area contributed by atoms with E-state index in [9.17, 15) is 0 Å². The minimum atomic E-state index is 1.05. The largest absolute Gasteiger partial charge is 0.0845 e. The predicted octanol–water partition coefficient (Wildman–Crippen LogP) is 1.19. The van der Waals surface area contributed by atoms with Crippen molar-refractivity contribution < 1.29 is 0 Å². The molecule has 0 heterocycles. The van der Waals surface area contributed by atoms with Crippen molar-refractivity contribution in [1.82, 2.24) is 0 Å². The maximum absolute atomic E-state index is 2.30. The van der Waals surface area contributed by atoms with Crippen molar-refractivity contribution in [2.45, 2.75) is 6.42 Å². The highest BCUT2D eigenvalue weighted by atomic mass is 14.4. The minimum Gasteiger partial charge on any atom is -0.0845 e. The Morgan fingerprint density at radius 2 is 1.80 bits per heavy atom. The molecule has 5 heavy (non-hydrogen) atoms. The number of allylic oxidation sites excluding steroid dienone is 2. The SMILES string of the molecule is C1=C[C@H]2C[C@@H]12. The van der Waals surface area contributed by atoms with Crippen molar-refractivity contribution in [2.75, 3.05) is 0 Å². The summed E-state index contributed by atoms with van der Waals surface area (Å²) in [4.78, 5) is 0. The average molecular weight is 66.1 g/mol. The molecule has 26 valence electrons. The van der Waals surface area contributed by atoms with Gasteiger partial charge in [0.05, 0.1) is 0 Å². The highest BCUT2D eigenvalue weighted by Gasteiger charge is 2.38. The molecular formula is C5H6. The van der Waals surface area contributed by atoms with Crippen LogP contribution < -0.4 is 0 Å². The molecule has 2 rings (SSSR count). The maximum atomic E-state index is 2.30. The van der Waals surface area contributed by atoms with Gasteiger partial charge in [-0.15, -0.1) is 0 Å². The van der Waals surface area contributed by atoms with E-state index in [1.807, 2.05) is 0 Å². The molecule has 1 fully saturated rings. The molecule has 0 saturated heterocycles. The molecule has 1 saturated carbocycles. The zero-order chi connectivity index (χ0) is 3.28. The van der Waals surface area contributed by atoms with Crippen LogP contribution in [0.15, 0.2) is 12.2 Å². The molecule has 0 N–H and O–H groups in total. The molecule has 2 aliphatic carbocycles. The lowest BCUT2D eigenvalue weighted by molar-refractivity contribution is 0.907. The molecule has 0 spiro atoms. The summed E-state index contributed by atoms with van der Waals surface area (Å²) >= 11 is 0. The molecule has 0 unspecified atom stereocenters. The van der Waals surface area contributed by atoms with Crippen molar-refractivity contribution in [2.24, 2.45) is 11.8 Å². The summed E-state index contributed by atoms with van der Waals surface area (Å²) < 4.78 is 0. The number of fused-ring (bicyclic) bond motifs is 1. The Hall–Kier alpha value is -0.260. The Balaban J connectivity index is 2.46. The molecule has 0 aliphatic heterocycles. The van der Waals surface area contributed by atoms with Gasteiger partial charge in [-0.25, -0.2) is 0 Å². The van der Waals surface area contributed by atoms with E-state index in [1.165, 1.54) is 6.42 Å². The van der Waals surface area contributed by atoms with E-state index >= 15 is 0 Å². The third-order valence-corrected chi connectivity index (χ3v) is 1.50. The summed E-state index contributed by atoms with van der Waals surface area (Å²) in [7, 11) is 0. The average Bonchev–Trinajstić information content (AvgIpc) is 1.74. The van der Waals surface area contributed by atoms with Gasteiger partial charge in [0.2, 0.25) is 0 Å². The lowest BCUT2D eigenvalue weighted by Crippen LogP contribution is -1.80. The van der Waals surface area contributed by atoms with Crippen molar-refractivity contribution in [3.63, 3.8) is 0 Å². The van der Waals surface area contributed by atoms with Crippen LogP contribution in [0.3, 0.4) is 0 Å². The fraction of sp³-hybridized carbons (Fsp3) is 0.600. The highest BCUT2D eigenvalue weighted by molar-refractivity contribution is 5.20. The van der Waals surface area contributed by atoms with Gasteiger partial charge in [0.25, 0.3) is 0 Å². The van der Waals surface area contributed by atoms with Crippen LogP contribution in [0.2, 0.25) is 0 Å². The fourth-order valence-electron chi connectivity index (χ4n) is 0.818. The summed E-state index contributed by atoms with van der Waals surface area (Å²) in [6.45, 7) is 0. The Morgan fingerprint density at radius 3 is 1.80 bits per heavy atom. The van der Waals surface area contributed by atoms with E-state index in [-0.39, 0.29) is 0 Å². The van der Waals surface area contributed by atoms with E-state index in [0.717, 1.165) is 11.8 Å². The van der Waals surface area contributed by atoms with Crippen LogP contribution in [0.5, 0.6) is 0 Å². The van der Waals surface area contributed by atoms with Gasteiger partial charge >= 0.3 is 0 Å². The molecule has 0 amide bonds. The second-order valence-electron chi connectivity index (χ2n) is 1.95. The number of hydrogen-bond acceptors (Lipinski definition) is 0. The van der Waals surface area contributed by atoms with E-state index in [2.05, 4.69) is 12.2 Å². The molecule has 2 aliphatic rings. The smallest absolute Gasteiger partial charge is 0.0164 e. The summed E-state index contributed by atoms with van der Waals surface area (Å²) in [5, 5.41) is 0. The molecule has 0 heteroatoms. The molecule has 0 bridgehead atoms. The van der Waals surface area contributed by atoms with Crippen LogP contribution >= 0.6 is 0 Å². The Bertz CT molecular complexity index is 72.0. The predicted molar refractivity (Wildman–Crippen MR) is 20.7 cm³/mol. The lowest BCUT2D eigenvalue weighted by Gasteiger charge is -1.91. The van der Waals surface area contributed by atoms with Gasteiger partial charge in [0.1, 0.15) is 0 Å². The van der Waals surface area contributed by atoms with E-state index < -0.39 is 0 Å². The van der Waals surface area contributed by atoms with Crippen LogP contribution in [0.4, 0.5) is 0 Å². The highest BCUT2D eigenvalue weighted by Crippen LogP contribution is 2.48. The van der Waals surface area contributed by atoms with E-state index in [1.54, 1.807) is 0 Å². The standard InChI is InChI=1S/C5H6/c1-2-5-3-4(1)5/h1-2,4-5H,3H2/t4-,5+. The van der Waals surface area contributed by atoms with Gasteiger partial charge in [0, 0.05) is 0 Å². The summed E-state index contributed by atoms with van der Waals surface area (Å²) in [5.74, 6) is 2.10. The van der Waals surface area contributed by atoms with Gasteiger partial charge in [0.15, 0.2) is 0 Å². The molecule has 0 nitrogen and oxygen atoms in total. The monoisotopic (exact) mass is 66.0 g/mol. The first-order valence-electron chi connectivity index (χ1n) is 2.15. The third-order valence-electron chi connectivity index (χ3n) is 1.50. The van der Waals surface area contributed by atoms with Gasteiger partial charge in [-0.05, 0) is 18.3 Å². The van der Waals surface area contributed by atoms with Crippen LogP contribution in [0, 0.1) is 11.8 Å². The Kier molecular flexibility index (Phi) is 0.148. The van der Waals surface area contributed by atoms with Crippen LogP contribution in [0.25, 0.3) is 0 Å². The molecular weight excluding hydrogens is 60.1 g/mol. The second kappa shape index (κ2) is 0.368. The zero-order valence-electron chi connectivity index (χ0n) is 3.02. The van der Waals surface area contributed by atoms with Crippen LogP contribution in [0.1, 0.15) is 6.42 Å². The first-order chi connectivity index (χ1) is 2.47. The molecule has 0 radical (unpaired) electrons. The summed E-state index contributed by atoms with van der Waals surface area (Å²) in [5.41, 5.74) is 0. The quantitative estimate of drug-likeness (QED) is 0.372. The topological polar surface area (TPSA) is 0 Å². The van der Waals surface area contributed by atoms with Gasteiger partial charge in [-0.2, -0.15) is 0 Å². The second-order valence-corrected chi connectivity index (χ2v) is 1.95. The lowest BCUT2D eigenvalue weighted by atomic mass is 10.1. The first kappa shape index (κ1) is 2.01. The molecule has 0 aromatic heterocycles. The Labute approximate surface area is 31.5 Å².